The lowest BCUT2D eigenvalue weighted by Crippen LogP contribution is -2.61. The molecular formula is C17H32N2O. The van der Waals surface area contributed by atoms with E-state index in [9.17, 15) is 5.11 Å². The van der Waals surface area contributed by atoms with E-state index in [4.69, 9.17) is 0 Å². The Balaban J connectivity index is 1.70. The summed E-state index contributed by atoms with van der Waals surface area (Å²) in [5.41, 5.74) is -0.0198. The highest BCUT2D eigenvalue weighted by atomic mass is 16.3. The van der Waals surface area contributed by atoms with Gasteiger partial charge in [-0.1, -0.05) is 19.8 Å². The third kappa shape index (κ3) is 2.90. The molecule has 1 saturated heterocycles. The van der Waals surface area contributed by atoms with Crippen molar-refractivity contribution in [3.05, 3.63) is 0 Å². The predicted molar refractivity (Wildman–Crippen MR) is 82.8 cm³/mol. The van der Waals surface area contributed by atoms with Crippen LogP contribution in [0.25, 0.3) is 0 Å². The van der Waals surface area contributed by atoms with Crippen molar-refractivity contribution in [3.8, 4) is 0 Å². The van der Waals surface area contributed by atoms with Crippen LogP contribution in [-0.2, 0) is 0 Å². The average Bonchev–Trinajstić information content (AvgIpc) is 3.32. The summed E-state index contributed by atoms with van der Waals surface area (Å²) in [5.74, 6) is 1.64. The summed E-state index contributed by atoms with van der Waals surface area (Å²) in [6, 6.07) is 0.806. The molecule has 20 heavy (non-hydrogen) atoms. The van der Waals surface area contributed by atoms with Crippen molar-refractivity contribution in [3.63, 3.8) is 0 Å². The van der Waals surface area contributed by atoms with Crippen LogP contribution in [0, 0.1) is 11.8 Å². The molecule has 1 aliphatic heterocycles. The number of nitrogens with zero attached hydrogens (tertiary/aromatic N) is 1. The highest BCUT2D eigenvalue weighted by Crippen LogP contribution is 2.42. The minimum atomic E-state index is -0.0198. The number of fused-ring (bicyclic) bond motifs is 1. The van der Waals surface area contributed by atoms with Crippen LogP contribution in [-0.4, -0.2) is 47.8 Å². The summed E-state index contributed by atoms with van der Waals surface area (Å²) < 4.78 is 0. The van der Waals surface area contributed by atoms with Gasteiger partial charge in [-0.15, -0.1) is 0 Å². The van der Waals surface area contributed by atoms with Gasteiger partial charge in [0.25, 0.3) is 0 Å². The Bertz CT molecular complexity index is 316. The first-order valence-corrected chi connectivity index (χ1v) is 8.89. The fourth-order valence-corrected chi connectivity index (χ4v) is 4.84. The first-order chi connectivity index (χ1) is 9.79. The highest BCUT2D eigenvalue weighted by molar-refractivity contribution is 5.04. The molecular weight excluding hydrogens is 248 g/mol. The molecule has 3 atom stereocenters. The van der Waals surface area contributed by atoms with Crippen molar-refractivity contribution in [2.75, 3.05) is 26.2 Å². The molecule has 0 aromatic heterocycles. The maximum Gasteiger partial charge on any atom is 0.0628 e. The van der Waals surface area contributed by atoms with Gasteiger partial charge in [-0.25, -0.2) is 0 Å². The summed E-state index contributed by atoms with van der Waals surface area (Å²) in [7, 11) is 0. The number of hydrogen-bond donors (Lipinski definition) is 2. The average molecular weight is 280 g/mol. The van der Waals surface area contributed by atoms with Gasteiger partial charge in [0.05, 0.1) is 12.1 Å². The van der Waals surface area contributed by atoms with E-state index in [-0.39, 0.29) is 5.54 Å². The van der Waals surface area contributed by atoms with E-state index in [1.807, 2.05) is 0 Å². The highest BCUT2D eigenvalue weighted by Gasteiger charge is 2.47. The van der Waals surface area contributed by atoms with Crippen LogP contribution >= 0.6 is 0 Å². The molecule has 0 aromatic rings. The van der Waals surface area contributed by atoms with Crippen LogP contribution in [0.15, 0.2) is 0 Å². The van der Waals surface area contributed by atoms with E-state index < -0.39 is 0 Å². The third-order valence-corrected chi connectivity index (χ3v) is 6.01. The molecule has 3 aliphatic rings. The van der Waals surface area contributed by atoms with Crippen LogP contribution in [0.3, 0.4) is 0 Å². The monoisotopic (exact) mass is 280 g/mol. The van der Waals surface area contributed by atoms with Gasteiger partial charge >= 0.3 is 0 Å². The van der Waals surface area contributed by atoms with Gasteiger partial charge in [-0.2, -0.15) is 0 Å². The fraction of sp³-hybridized carbons (Fsp3) is 1.00. The summed E-state index contributed by atoms with van der Waals surface area (Å²) in [6.07, 6.45) is 11.1. The SMILES string of the molecule is CCNC(CO)(CN1CCC[C@H]2CCCC[C@H]21)C1CC1. The van der Waals surface area contributed by atoms with Gasteiger partial charge in [0.15, 0.2) is 0 Å². The maximum absolute atomic E-state index is 10.1. The smallest absolute Gasteiger partial charge is 0.0628 e. The molecule has 3 fully saturated rings. The molecule has 0 spiro atoms. The lowest BCUT2D eigenvalue weighted by atomic mass is 9.77. The van der Waals surface area contributed by atoms with E-state index in [1.165, 1.54) is 57.9 Å². The maximum atomic E-state index is 10.1. The number of nitrogens with one attached hydrogen (secondary N) is 1. The second kappa shape index (κ2) is 6.33. The molecule has 2 saturated carbocycles. The summed E-state index contributed by atoms with van der Waals surface area (Å²) in [5, 5.41) is 13.7. The van der Waals surface area contributed by atoms with Crippen molar-refractivity contribution in [2.45, 2.75) is 69.9 Å². The van der Waals surface area contributed by atoms with E-state index in [0.717, 1.165) is 25.0 Å². The summed E-state index contributed by atoms with van der Waals surface area (Å²) in [6.45, 7) is 5.77. The molecule has 0 bridgehead atoms. The molecule has 1 heterocycles. The van der Waals surface area contributed by atoms with Gasteiger partial charge in [0, 0.05) is 12.6 Å². The molecule has 2 aliphatic carbocycles. The number of rotatable bonds is 6. The normalized spacial score (nSPS) is 34.5. The van der Waals surface area contributed by atoms with E-state index in [2.05, 4.69) is 17.1 Å². The Kier molecular flexibility index (Phi) is 4.68. The standard InChI is InChI=1S/C17H32N2O/c1-2-18-17(13-20,15-9-10-15)12-19-11-5-7-14-6-3-4-8-16(14)19/h14-16,18,20H,2-13H2,1H3/t14-,16-,17?/m1/s1. The van der Waals surface area contributed by atoms with Crippen molar-refractivity contribution in [1.82, 2.24) is 10.2 Å². The van der Waals surface area contributed by atoms with Crippen molar-refractivity contribution in [2.24, 2.45) is 11.8 Å². The molecule has 2 N–H and O–H groups in total. The molecule has 1 unspecified atom stereocenters. The second-order valence-electron chi connectivity index (χ2n) is 7.34. The van der Waals surface area contributed by atoms with E-state index in [0.29, 0.717) is 12.5 Å². The zero-order valence-electron chi connectivity index (χ0n) is 13.1. The lowest BCUT2D eigenvalue weighted by molar-refractivity contribution is 0.0140. The Labute approximate surface area is 124 Å². The predicted octanol–water partition coefficient (Wildman–Crippen LogP) is 2.39. The van der Waals surface area contributed by atoms with E-state index in [1.54, 1.807) is 0 Å². The third-order valence-electron chi connectivity index (χ3n) is 6.01. The Morgan fingerprint density at radius 3 is 2.55 bits per heavy atom. The lowest BCUT2D eigenvalue weighted by Gasteiger charge is -2.48. The van der Waals surface area contributed by atoms with Crippen molar-refractivity contribution in [1.29, 1.82) is 0 Å². The summed E-state index contributed by atoms with van der Waals surface area (Å²) >= 11 is 0. The quantitative estimate of drug-likeness (QED) is 0.784. The van der Waals surface area contributed by atoms with Crippen molar-refractivity contribution >= 4 is 0 Å². The number of aliphatic hydroxyl groups excluding tert-OH is 1. The molecule has 0 radical (unpaired) electrons. The minimum absolute atomic E-state index is 0.0198. The van der Waals surface area contributed by atoms with Gasteiger partial charge in [0.1, 0.15) is 0 Å². The first kappa shape index (κ1) is 14.8. The summed E-state index contributed by atoms with van der Waals surface area (Å²) in [4.78, 5) is 2.74. The van der Waals surface area contributed by atoms with Gasteiger partial charge in [-0.05, 0) is 63.5 Å². The molecule has 0 amide bonds. The largest absolute Gasteiger partial charge is 0.394 e. The minimum Gasteiger partial charge on any atom is -0.394 e. The van der Waals surface area contributed by atoms with Crippen LogP contribution < -0.4 is 5.32 Å². The van der Waals surface area contributed by atoms with Crippen molar-refractivity contribution < 1.29 is 5.11 Å². The van der Waals surface area contributed by atoms with Gasteiger partial charge < -0.3 is 10.4 Å². The molecule has 3 rings (SSSR count). The second-order valence-corrected chi connectivity index (χ2v) is 7.34. The Morgan fingerprint density at radius 1 is 1.10 bits per heavy atom. The molecule has 0 aromatic carbocycles. The molecule has 116 valence electrons. The first-order valence-electron chi connectivity index (χ1n) is 8.89. The van der Waals surface area contributed by atoms with Crippen LogP contribution in [0.4, 0.5) is 0 Å². The zero-order chi connectivity index (χ0) is 14.0. The van der Waals surface area contributed by atoms with Crippen LogP contribution in [0.1, 0.15) is 58.3 Å². The Morgan fingerprint density at radius 2 is 1.85 bits per heavy atom. The van der Waals surface area contributed by atoms with Crippen LogP contribution in [0.2, 0.25) is 0 Å². The number of hydrogen-bond acceptors (Lipinski definition) is 3. The molecule has 3 heteroatoms. The van der Waals surface area contributed by atoms with E-state index >= 15 is 0 Å². The topological polar surface area (TPSA) is 35.5 Å². The number of likely N-dealkylation sites (tertiary alicyclic amines) is 1. The van der Waals surface area contributed by atoms with Crippen LogP contribution in [0.5, 0.6) is 0 Å². The Hall–Kier alpha value is -0.120. The number of likely N-dealkylation sites (N-methyl/N-ethyl adjacent to an activating group) is 1. The molecule has 3 nitrogen and oxygen atoms in total. The van der Waals surface area contributed by atoms with Gasteiger partial charge in [0.2, 0.25) is 0 Å². The van der Waals surface area contributed by atoms with Gasteiger partial charge in [-0.3, -0.25) is 4.90 Å². The fourth-order valence-electron chi connectivity index (χ4n) is 4.84. The number of aliphatic hydroxyl groups is 1. The number of piperidine rings is 1. The zero-order valence-corrected chi connectivity index (χ0v) is 13.1.